The molecule has 252 valence electrons. The molecule has 48 heavy (non-hydrogen) atoms. The van der Waals surface area contributed by atoms with Crippen molar-refractivity contribution in [1.29, 1.82) is 5.26 Å². The van der Waals surface area contributed by atoms with Crippen molar-refractivity contribution in [2.45, 2.75) is 51.2 Å². The fourth-order valence-electron chi connectivity index (χ4n) is 6.96. The Bertz CT molecular complexity index is 1640. The number of hydroxylamine groups is 1. The lowest BCUT2D eigenvalue weighted by molar-refractivity contribution is -0.111. The Hall–Kier alpha value is -4.70. The summed E-state index contributed by atoms with van der Waals surface area (Å²) < 4.78 is 5.87. The molecular weight excluding hydrogens is 606 g/mol. The van der Waals surface area contributed by atoms with Gasteiger partial charge in [-0.05, 0) is 56.5 Å². The van der Waals surface area contributed by atoms with Crippen LogP contribution in [0.1, 0.15) is 50.3 Å². The van der Waals surface area contributed by atoms with Crippen LogP contribution in [0.15, 0.2) is 61.4 Å². The van der Waals surface area contributed by atoms with Crippen LogP contribution in [0.2, 0.25) is 0 Å². The molecule has 1 amide bonds. The van der Waals surface area contributed by atoms with Crippen LogP contribution in [-0.2, 0) is 9.63 Å². The van der Waals surface area contributed by atoms with Gasteiger partial charge in [0, 0.05) is 69.9 Å². The zero-order valence-electron chi connectivity index (χ0n) is 28.1. The van der Waals surface area contributed by atoms with Crippen molar-refractivity contribution in [3.8, 4) is 11.8 Å². The summed E-state index contributed by atoms with van der Waals surface area (Å²) in [6.45, 7) is 15.0. The van der Waals surface area contributed by atoms with Gasteiger partial charge in [-0.1, -0.05) is 18.7 Å². The number of hydrogen-bond acceptors (Lipinski definition) is 11. The van der Waals surface area contributed by atoms with Gasteiger partial charge in [-0.2, -0.15) is 5.26 Å². The number of methoxy groups -OCH3 is 1. The van der Waals surface area contributed by atoms with E-state index in [1.165, 1.54) is 12.4 Å². The number of benzene rings is 2. The van der Waals surface area contributed by atoms with Crippen LogP contribution in [0.4, 0.5) is 28.7 Å². The largest absolute Gasteiger partial charge is 0.494 e. The molecule has 6 rings (SSSR count). The van der Waals surface area contributed by atoms with Crippen LogP contribution in [0, 0.1) is 11.3 Å². The van der Waals surface area contributed by atoms with E-state index in [4.69, 9.17) is 9.57 Å². The van der Waals surface area contributed by atoms with Gasteiger partial charge in [0.1, 0.15) is 17.9 Å². The Kier molecular flexibility index (Phi) is 10.4. The second-order valence-electron chi connectivity index (χ2n) is 12.7. The molecule has 4 heterocycles. The number of ether oxygens (including phenoxy) is 1. The van der Waals surface area contributed by atoms with E-state index in [1.807, 2.05) is 36.4 Å². The Morgan fingerprint density at radius 1 is 1.06 bits per heavy atom. The third-order valence-electron chi connectivity index (χ3n) is 9.61. The number of aromatic nitrogens is 2. The molecule has 0 saturated carbocycles. The second kappa shape index (κ2) is 15.0. The molecule has 0 radical (unpaired) electrons. The van der Waals surface area contributed by atoms with Gasteiger partial charge in [-0.15, -0.1) is 0 Å². The van der Waals surface area contributed by atoms with Crippen molar-refractivity contribution in [3.05, 3.63) is 72.6 Å². The fraction of sp³-hybridized carbons (Fsp3) is 0.444. The molecular formula is C36H45N9O3. The molecule has 1 unspecified atom stereocenters. The summed E-state index contributed by atoms with van der Waals surface area (Å²) >= 11 is 0. The molecule has 1 aromatic heterocycles. The minimum atomic E-state index is -0.285. The average molecular weight is 652 g/mol. The van der Waals surface area contributed by atoms with Crippen LogP contribution in [-0.4, -0.2) is 90.7 Å². The number of rotatable bonds is 10. The third-order valence-corrected chi connectivity index (χ3v) is 9.61. The van der Waals surface area contributed by atoms with Crippen molar-refractivity contribution < 1.29 is 14.4 Å². The van der Waals surface area contributed by atoms with Crippen LogP contribution in [0.25, 0.3) is 0 Å². The Morgan fingerprint density at radius 2 is 1.85 bits per heavy atom. The number of carbonyl (C=O) groups excluding carboxylic acids is 1. The van der Waals surface area contributed by atoms with E-state index in [2.05, 4.69) is 61.8 Å². The lowest BCUT2D eigenvalue weighted by atomic mass is 10.0. The normalized spacial score (nSPS) is 19.3. The second-order valence-corrected chi connectivity index (χ2v) is 12.7. The van der Waals surface area contributed by atoms with E-state index in [0.717, 1.165) is 69.8 Å². The summed E-state index contributed by atoms with van der Waals surface area (Å²) in [5.41, 5.74) is 3.80. The first-order chi connectivity index (χ1) is 23.4. The summed E-state index contributed by atoms with van der Waals surface area (Å²) in [6.07, 6.45) is 5.64. The first-order valence-electron chi connectivity index (χ1n) is 16.8. The maximum absolute atomic E-state index is 12.6. The standard InChI is InChI=1S/C36H45N9O3/c1-5-36(46)41-29-20-30(33(47-4)21-32(29)44-12-9-28(10-13-44)43-16-14-42(15-17-43)25(2)3)40-34-22-35(39-24-38-34)45-31(11-18-48-45)27-8-6-7-26(19-27)23-37/h5-8,19-22,24-25,28,31H,1,9-18H2,2-4H3,(H,41,46)(H,38,39,40). The van der Waals surface area contributed by atoms with Crippen LogP contribution < -0.4 is 25.3 Å². The van der Waals surface area contributed by atoms with E-state index in [-0.39, 0.29) is 11.9 Å². The minimum Gasteiger partial charge on any atom is -0.494 e. The first-order valence-corrected chi connectivity index (χ1v) is 16.8. The molecule has 0 bridgehead atoms. The van der Waals surface area contributed by atoms with Gasteiger partial charge >= 0.3 is 0 Å². The van der Waals surface area contributed by atoms with Crippen LogP contribution in [0.5, 0.6) is 5.75 Å². The van der Waals surface area contributed by atoms with Gasteiger partial charge in [0.2, 0.25) is 5.91 Å². The van der Waals surface area contributed by atoms with Gasteiger partial charge in [-0.3, -0.25) is 19.4 Å². The lowest BCUT2D eigenvalue weighted by Crippen LogP contribution is -2.54. The SMILES string of the molecule is C=CC(=O)Nc1cc(Nc2cc(N3OCCC3c3cccc(C#N)c3)ncn2)c(OC)cc1N1CCC(N2CCN(C(C)C)CC2)CC1. The molecule has 3 aliphatic heterocycles. The fourth-order valence-corrected chi connectivity index (χ4v) is 6.96. The minimum absolute atomic E-state index is 0.0932. The van der Waals surface area contributed by atoms with Crippen molar-refractivity contribution >= 4 is 34.6 Å². The van der Waals surface area contributed by atoms with Gasteiger partial charge in [0.05, 0.1) is 48.5 Å². The van der Waals surface area contributed by atoms with Crippen molar-refractivity contribution in [1.82, 2.24) is 19.8 Å². The molecule has 3 aliphatic rings. The molecule has 0 aliphatic carbocycles. The number of piperidine rings is 1. The number of carbonyl (C=O) groups is 1. The third kappa shape index (κ3) is 7.39. The van der Waals surface area contributed by atoms with E-state index < -0.39 is 0 Å². The quantitative estimate of drug-likeness (QED) is 0.285. The molecule has 2 aromatic carbocycles. The van der Waals surface area contributed by atoms with Crippen molar-refractivity contribution in [2.24, 2.45) is 0 Å². The van der Waals surface area contributed by atoms with Crippen molar-refractivity contribution in [3.63, 3.8) is 0 Å². The summed E-state index contributed by atoms with van der Waals surface area (Å²) in [4.78, 5) is 35.1. The van der Waals surface area contributed by atoms with Gasteiger partial charge in [-0.25, -0.2) is 15.0 Å². The van der Waals surface area contributed by atoms with E-state index in [1.54, 1.807) is 18.2 Å². The maximum atomic E-state index is 12.6. The molecule has 2 N–H and O–H groups in total. The molecule has 3 saturated heterocycles. The molecule has 12 heteroatoms. The Morgan fingerprint density at radius 3 is 2.56 bits per heavy atom. The van der Waals surface area contributed by atoms with E-state index in [0.29, 0.717) is 53.0 Å². The van der Waals surface area contributed by atoms with Gasteiger partial charge in [0.15, 0.2) is 5.82 Å². The number of amides is 1. The van der Waals surface area contributed by atoms with Gasteiger partial charge in [0.25, 0.3) is 0 Å². The average Bonchev–Trinajstić information content (AvgIpc) is 3.62. The smallest absolute Gasteiger partial charge is 0.247 e. The zero-order valence-corrected chi connectivity index (χ0v) is 28.1. The summed E-state index contributed by atoms with van der Waals surface area (Å²) in [5, 5.41) is 17.6. The number of nitrogens with zero attached hydrogens (tertiary/aromatic N) is 7. The molecule has 3 fully saturated rings. The molecule has 3 aromatic rings. The number of nitriles is 1. The highest BCUT2D eigenvalue weighted by Crippen LogP contribution is 2.40. The van der Waals surface area contributed by atoms with Gasteiger partial charge < -0.3 is 20.3 Å². The van der Waals surface area contributed by atoms with E-state index >= 15 is 0 Å². The molecule has 12 nitrogen and oxygen atoms in total. The highest BCUT2D eigenvalue weighted by molar-refractivity contribution is 6.02. The lowest BCUT2D eigenvalue weighted by Gasteiger charge is -2.44. The zero-order chi connectivity index (χ0) is 33.6. The van der Waals surface area contributed by atoms with Crippen molar-refractivity contribution in [2.75, 3.05) is 73.6 Å². The van der Waals surface area contributed by atoms with Crippen LogP contribution >= 0.6 is 0 Å². The summed E-state index contributed by atoms with van der Waals surface area (Å²) in [6, 6.07) is 16.5. The Labute approximate surface area is 282 Å². The highest BCUT2D eigenvalue weighted by Gasteiger charge is 2.31. The highest BCUT2D eigenvalue weighted by atomic mass is 16.7. The maximum Gasteiger partial charge on any atom is 0.247 e. The monoisotopic (exact) mass is 651 g/mol. The predicted octanol–water partition coefficient (Wildman–Crippen LogP) is 5.10. The topological polar surface area (TPSA) is 122 Å². The van der Waals surface area contributed by atoms with Crippen LogP contribution in [0.3, 0.4) is 0 Å². The summed E-state index contributed by atoms with van der Waals surface area (Å²) in [7, 11) is 1.64. The van der Waals surface area contributed by atoms with E-state index in [9.17, 15) is 10.1 Å². The Balaban J connectivity index is 1.20. The summed E-state index contributed by atoms with van der Waals surface area (Å²) in [5.74, 6) is 1.46. The first kappa shape index (κ1) is 33.2. The molecule has 1 atom stereocenters. The number of hydrogen-bond donors (Lipinski definition) is 2. The predicted molar refractivity (Wildman–Crippen MR) is 188 cm³/mol. The number of piperazine rings is 1. The number of nitrogens with one attached hydrogen (secondary N) is 2. The molecule has 0 spiro atoms. The number of anilines is 5.